The second-order valence-corrected chi connectivity index (χ2v) is 5.68. The van der Waals surface area contributed by atoms with Gasteiger partial charge in [0, 0.05) is 30.4 Å². The quantitative estimate of drug-likeness (QED) is 0.322. The minimum atomic E-state index is -0.965. The Morgan fingerprint density at radius 3 is 2.52 bits per heavy atom. The Balaban J connectivity index is 2.01. The highest BCUT2D eigenvalue weighted by Crippen LogP contribution is 2.16. The van der Waals surface area contributed by atoms with Gasteiger partial charge in [-0.05, 0) is 37.6 Å². The molecule has 0 aliphatic heterocycles. The number of carbonyl (C=O) groups is 2. The lowest BCUT2D eigenvalue weighted by Crippen LogP contribution is -2.39. The number of nitro benzene ring substituents is 1. The number of carbonyl (C=O) groups excluding carboxylic acids is 2. The molecule has 0 unspecified atom stereocenters. The lowest BCUT2D eigenvalue weighted by Gasteiger charge is -2.24. The smallest absolute Gasteiger partial charge is 0.331 e. The van der Waals surface area contributed by atoms with Crippen molar-refractivity contribution in [3.8, 4) is 0 Å². The maximum Gasteiger partial charge on any atom is 0.331 e. The Morgan fingerprint density at radius 2 is 1.89 bits per heavy atom. The number of likely N-dealkylation sites (N-methyl/N-ethyl adjacent to an activating group) is 1. The van der Waals surface area contributed by atoms with E-state index in [9.17, 15) is 19.7 Å². The SMILES string of the molecule is CCN(C(=O)[C@@H](C)OC(=O)/C=C/c1cccc([N+](=O)[O-])c1)c1ccccc1. The summed E-state index contributed by atoms with van der Waals surface area (Å²) in [5.74, 6) is -1.03. The van der Waals surface area contributed by atoms with Gasteiger partial charge in [0.25, 0.3) is 11.6 Å². The molecule has 0 radical (unpaired) electrons. The molecule has 0 aliphatic rings. The molecule has 0 heterocycles. The molecule has 0 saturated heterocycles. The van der Waals surface area contributed by atoms with Crippen LogP contribution in [0.1, 0.15) is 19.4 Å². The van der Waals surface area contributed by atoms with Crippen LogP contribution in [0, 0.1) is 10.1 Å². The van der Waals surface area contributed by atoms with E-state index in [0.29, 0.717) is 12.1 Å². The molecule has 0 aromatic heterocycles. The molecule has 0 bridgehead atoms. The van der Waals surface area contributed by atoms with Gasteiger partial charge in [-0.1, -0.05) is 30.3 Å². The first-order valence-corrected chi connectivity index (χ1v) is 8.42. The molecule has 1 amide bonds. The average Bonchev–Trinajstić information content (AvgIpc) is 2.68. The van der Waals surface area contributed by atoms with Crippen LogP contribution in [0.5, 0.6) is 0 Å². The lowest BCUT2D eigenvalue weighted by molar-refractivity contribution is -0.384. The van der Waals surface area contributed by atoms with Crippen molar-refractivity contribution >= 4 is 29.3 Å². The fourth-order valence-corrected chi connectivity index (χ4v) is 2.46. The normalized spacial score (nSPS) is 11.8. The highest BCUT2D eigenvalue weighted by Gasteiger charge is 2.23. The maximum atomic E-state index is 12.6. The van der Waals surface area contributed by atoms with Gasteiger partial charge in [-0.25, -0.2) is 4.79 Å². The number of para-hydroxylation sites is 1. The van der Waals surface area contributed by atoms with E-state index in [2.05, 4.69) is 0 Å². The summed E-state index contributed by atoms with van der Waals surface area (Å²) in [6.07, 6.45) is 1.58. The molecule has 1 atom stereocenters. The van der Waals surface area contributed by atoms with Crippen molar-refractivity contribution in [2.24, 2.45) is 0 Å². The van der Waals surface area contributed by atoms with Crippen LogP contribution < -0.4 is 4.90 Å². The van der Waals surface area contributed by atoms with E-state index in [0.717, 1.165) is 11.8 Å². The van der Waals surface area contributed by atoms with Gasteiger partial charge in [0.15, 0.2) is 6.10 Å². The Hall–Kier alpha value is -3.48. The van der Waals surface area contributed by atoms with Crippen molar-refractivity contribution in [1.82, 2.24) is 0 Å². The molecule has 0 fully saturated rings. The van der Waals surface area contributed by atoms with Crippen LogP contribution in [-0.4, -0.2) is 29.4 Å². The fourth-order valence-electron chi connectivity index (χ4n) is 2.46. The number of anilines is 1. The van der Waals surface area contributed by atoms with Gasteiger partial charge in [-0.3, -0.25) is 14.9 Å². The predicted molar refractivity (Wildman–Crippen MR) is 102 cm³/mol. The average molecular weight is 368 g/mol. The lowest BCUT2D eigenvalue weighted by atomic mass is 10.2. The molecule has 0 aliphatic carbocycles. The number of benzene rings is 2. The summed E-state index contributed by atoms with van der Waals surface area (Å²) in [4.78, 5) is 36.3. The Kier molecular flexibility index (Phi) is 6.82. The second kappa shape index (κ2) is 9.28. The first-order chi connectivity index (χ1) is 12.9. The second-order valence-electron chi connectivity index (χ2n) is 5.68. The molecule has 0 spiro atoms. The van der Waals surface area contributed by atoms with Gasteiger partial charge in [-0.15, -0.1) is 0 Å². The number of amides is 1. The van der Waals surface area contributed by atoms with E-state index in [1.807, 2.05) is 25.1 Å². The maximum absolute atomic E-state index is 12.6. The minimum Gasteiger partial charge on any atom is -0.449 e. The number of esters is 1. The summed E-state index contributed by atoms with van der Waals surface area (Å²) < 4.78 is 5.17. The predicted octanol–water partition coefficient (Wildman–Crippen LogP) is 3.59. The molecule has 2 aromatic rings. The third-order valence-electron chi connectivity index (χ3n) is 3.78. The monoisotopic (exact) mass is 368 g/mol. The van der Waals surface area contributed by atoms with Crippen LogP contribution in [0.25, 0.3) is 6.08 Å². The van der Waals surface area contributed by atoms with E-state index in [1.54, 1.807) is 18.2 Å². The number of ether oxygens (including phenoxy) is 1. The van der Waals surface area contributed by atoms with Crippen molar-refractivity contribution in [2.45, 2.75) is 20.0 Å². The molecule has 2 rings (SSSR count). The largest absolute Gasteiger partial charge is 0.449 e. The summed E-state index contributed by atoms with van der Waals surface area (Å²) in [6, 6.07) is 15.0. The molecule has 27 heavy (non-hydrogen) atoms. The molecule has 2 aromatic carbocycles. The van der Waals surface area contributed by atoms with Gasteiger partial charge in [0.2, 0.25) is 0 Å². The number of nitrogens with zero attached hydrogens (tertiary/aromatic N) is 2. The van der Waals surface area contributed by atoms with Crippen LogP contribution >= 0.6 is 0 Å². The van der Waals surface area contributed by atoms with Crippen LogP contribution in [0.4, 0.5) is 11.4 Å². The summed E-state index contributed by atoms with van der Waals surface area (Å²) in [5.41, 5.74) is 1.13. The summed E-state index contributed by atoms with van der Waals surface area (Å²) in [6.45, 7) is 3.78. The van der Waals surface area contributed by atoms with Crippen LogP contribution in [0.3, 0.4) is 0 Å². The van der Waals surface area contributed by atoms with E-state index >= 15 is 0 Å². The molecule has 0 saturated carbocycles. The first kappa shape index (κ1) is 19.8. The summed E-state index contributed by atoms with van der Waals surface area (Å²) in [7, 11) is 0. The van der Waals surface area contributed by atoms with E-state index < -0.39 is 17.0 Å². The molecule has 7 nitrogen and oxygen atoms in total. The molecular formula is C20H20N2O5. The minimum absolute atomic E-state index is 0.0736. The first-order valence-electron chi connectivity index (χ1n) is 8.42. The zero-order chi connectivity index (χ0) is 19.8. The zero-order valence-electron chi connectivity index (χ0n) is 15.1. The van der Waals surface area contributed by atoms with Crippen LogP contribution in [0.2, 0.25) is 0 Å². The number of hydrogen-bond donors (Lipinski definition) is 0. The van der Waals surface area contributed by atoms with Gasteiger partial charge in [0.1, 0.15) is 0 Å². The fraction of sp³-hybridized carbons (Fsp3) is 0.200. The highest BCUT2D eigenvalue weighted by molar-refractivity contribution is 5.98. The summed E-state index contributed by atoms with van der Waals surface area (Å²) in [5, 5.41) is 10.8. The highest BCUT2D eigenvalue weighted by atomic mass is 16.6. The van der Waals surface area contributed by atoms with Gasteiger partial charge in [0.05, 0.1) is 4.92 Å². The number of hydrogen-bond acceptors (Lipinski definition) is 5. The number of non-ortho nitro benzene ring substituents is 1. The standard InChI is InChI=1S/C20H20N2O5/c1-3-21(17-9-5-4-6-10-17)20(24)15(2)27-19(23)13-12-16-8-7-11-18(14-16)22(25)26/h4-15H,3H2,1-2H3/b13-12+/t15-/m1/s1. The third kappa shape index (κ3) is 5.50. The van der Waals surface area contributed by atoms with E-state index in [-0.39, 0.29) is 11.6 Å². The van der Waals surface area contributed by atoms with Crippen molar-refractivity contribution in [3.05, 3.63) is 76.4 Å². The zero-order valence-corrected chi connectivity index (χ0v) is 15.1. The van der Waals surface area contributed by atoms with Gasteiger partial charge in [-0.2, -0.15) is 0 Å². The van der Waals surface area contributed by atoms with Crippen LogP contribution in [-0.2, 0) is 14.3 Å². The van der Waals surface area contributed by atoms with Gasteiger partial charge < -0.3 is 9.64 Å². The van der Waals surface area contributed by atoms with Crippen molar-refractivity contribution in [3.63, 3.8) is 0 Å². The van der Waals surface area contributed by atoms with Gasteiger partial charge >= 0.3 is 5.97 Å². The van der Waals surface area contributed by atoms with Crippen molar-refractivity contribution < 1.29 is 19.2 Å². The van der Waals surface area contributed by atoms with Crippen molar-refractivity contribution in [1.29, 1.82) is 0 Å². The molecule has 140 valence electrons. The van der Waals surface area contributed by atoms with E-state index in [4.69, 9.17) is 4.74 Å². The molecule has 0 N–H and O–H groups in total. The van der Waals surface area contributed by atoms with Crippen molar-refractivity contribution in [2.75, 3.05) is 11.4 Å². The molecule has 7 heteroatoms. The topological polar surface area (TPSA) is 89.8 Å². The Morgan fingerprint density at radius 1 is 1.19 bits per heavy atom. The summed E-state index contributed by atoms with van der Waals surface area (Å²) >= 11 is 0. The third-order valence-corrected chi connectivity index (χ3v) is 3.78. The van der Waals surface area contributed by atoms with E-state index in [1.165, 1.54) is 36.1 Å². The Bertz CT molecular complexity index is 848. The number of rotatable bonds is 7. The molecular weight excluding hydrogens is 348 g/mol. The van der Waals surface area contributed by atoms with Crippen LogP contribution in [0.15, 0.2) is 60.7 Å². The Labute approximate surface area is 157 Å². The number of nitro groups is 1.